The van der Waals surface area contributed by atoms with Crippen LogP contribution < -0.4 is 15.4 Å². The molecule has 0 fully saturated rings. The number of nitrogens with one attached hydrogen (secondary N) is 2. The number of hydrogen-bond acceptors (Lipinski definition) is 3. The number of methoxy groups -OCH3 is 1. The summed E-state index contributed by atoms with van der Waals surface area (Å²) >= 11 is 11.9. The number of carbonyl (C=O) groups is 1. The molecule has 0 radical (unpaired) electrons. The van der Waals surface area contributed by atoms with Gasteiger partial charge in [0.25, 0.3) is 0 Å². The monoisotopic (exact) mass is 352 g/mol. The maximum absolute atomic E-state index is 12.0. The first-order valence-electron chi connectivity index (χ1n) is 7.13. The molecule has 0 atom stereocenters. The zero-order chi connectivity index (χ0) is 16.8. The Balaban J connectivity index is 1.90. The second-order valence-electron chi connectivity index (χ2n) is 5.03. The van der Waals surface area contributed by atoms with Gasteiger partial charge in [-0.3, -0.25) is 4.79 Å². The van der Waals surface area contributed by atoms with Gasteiger partial charge in [-0.05, 0) is 42.8 Å². The molecule has 2 N–H and O–H groups in total. The van der Waals surface area contributed by atoms with E-state index in [0.29, 0.717) is 28.8 Å². The minimum Gasteiger partial charge on any atom is -0.495 e. The van der Waals surface area contributed by atoms with Gasteiger partial charge in [0.05, 0.1) is 12.8 Å². The molecule has 0 saturated carbocycles. The Morgan fingerprint density at radius 2 is 1.74 bits per heavy atom. The van der Waals surface area contributed by atoms with Crippen molar-refractivity contribution in [3.05, 3.63) is 52.0 Å². The van der Waals surface area contributed by atoms with E-state index in [0.717, 1.165) is 16.9 Å². The molecule has 0 aliphatic heterocycles. The molecule has 4 nitrogen and oxygen atoms in total. The van der Waals surface area contributed by atoms with Crippen molar-refractivity contribution in [3.63, 3.8) is 0 Å². The molecule has 2 aromatic rings. The topological polar surface area (TPSA) is 50.4 Å². The average Bonchev–Trinajstić information content (AvgIpc) is 2.51. The van der Waals surface area contributed by atoms with Crippen LogP contribution in [-0.4, -0.2) is 19.6 Å². The highest BCUT2D eigenvalue weighted by atomic mass is 35.5. The van der Waals surface area contributed by atoms with Crippen molar-refractivity contribution >= 4 is 40.5 Å². The van der Waals surface area contributed by atoms with Crippen molar-refractivity contribution in [2.75, 3.05) is 24.3 Å². The molecule has 122 valence electrons. The first-order valence-corrected chi connectivity index (χ1v) is 7.88. The zero-order valence-electron chi connectivity index (χ0n) is 13.0. The van der Waals surface area contributed by atoms with Crippen LogP contribution in [0.4, 0.5) is 11.4 Å². The average molecular weight is 353 g/mol. The highest BCUT2D eigenvalue weighted by Gasteiger charge is 2.07. The zero-order valence-corrected chi connectivity index (χ0v) is 14.5. The first-order chi connectivity index (χ1) is 11.0. The predicted molar refractivity (Wildman–Crippen MR) is 95.9 cm³/mol. The highest BCUT2D eigenvalue weighted by Crippen LogP contribution is 2.27. The second kappa shape index (κ2) is 8.09. The SMILES string of the molecule is COc1ccc(Cl)cc1NCCC(=O)Nc1cc(Cl)ccc1C. The molecule has 0 spiro atoms. The van der Waals surface area contributed by atoms with Crippen LogP contribution in [0.15, 0.2) is 36.4 Å². The standard InChI is InChI=1S/C17H18Cl2N2O2/c1-11-3-4-12(18)9-14(11)21-17(22)7-8-20-15-10-13(19)5-6-16(15)23-2/h3-6,9-10,20H,7-8H2,1-2H3,(H,21,22). The molecule has 0 aliphatic carbocycles. The molecule has 0 aliphatic rings. The second-order valence-corrected chi connectivity index (χ2v) is 5.90. The predicted octanol–water partition coefficient (Wildman–Crippen LogP) is 4.75. The molecule has 23 heavy (non-hydrogen) atoms. The minimum atomic E-state index is -0.0936. The molecule has 0 aromatic heterocycles. The van der Waals surface area contributed by atoms with E-state index in [1.807, 2.05) is 13.0 Å². The third-order valence-corrected chi connectivity index (χ3v) is 3.77. The number of halogens is 2. The number of aryl methyl sites for hydroxylation is 1. The van der Waals surface area contributed by atoms with Gasteiger partial charge in [0.1, 0.15) is 5.75 Å². The van der Waals surface area contributed by atoms with E-state index in [1.165, 1.54) is 0 Å². The summed E-state index contributed by atoms with van der Waals surface area (Å²) in [6.45, 7) is 2.38. The largest absolute Gasteiger partial charge is 0.495 e. The lowest BCUT2D eigenvalue weighted by Crippen LogP contribution is -2.17. The van der Waals surface area contributed by atoms with Crippen LogP contribution in [-0.2, 0) is 4.79 Å². The quantitative estimate of drug-likeness (QED) is 0.788. The molecule has 0 bridgehead atoms. The Hall–Kier alpha value is -1.91. The van der Waals surface area contributed by atoms with Gasteiger partial charge in [-0.2, -0.15) is 0 Å². The number of rotatable bonds is 6. The molecular weight excluding hydrogens is 335 g/mol. The molecule has 1 amide bonds. The fraction of sp³-hybridized carbons (Fsp3) is 0.235. The minimum absolute atomic E-state index is 0.0936. The Bertz CT molecular complexity index is 705. The normalized spacial score (nSPS) is 10.3. The van der Waals surface area contributed by atoms with E-state index >= 15 is 0 Å². The van der Waals surface area contributed by atoms with Crippen LogP contribution in [0.2, 0.25) is 10.0 Å². The third-order valence-electron chi connectivity index (χ3n) is 3.30. The summed E-state index contributed by atoms with van der Waals surface area (Å²) in [5.41, 5.74) is 2.45. The molecule has 2 aromatic carbocycles. The van der Waals surface area contributed by atoms with E-state index in [1.54, 1.807) is 37.4 Å². The van der Waals surface area contributed by atoms with E-state index < -0.39 is 0 Å². The van der Waals surface area contributed by atoms with Gasteiger partial charge in [0.2, 0.25) is 5.91 Å². The van der Waals surface area contributed by atoms with E-state index in [4.69, 9.17) is 27.9 Å². The van der Waals surface area contributed by atoms with Gasteiger partial charge in [0.15, 0.2) is 0 Å². The van der Waals surface area contributed by atoms with Crippen molar-refractivity contribution < 1.29 is 9.53 Å². The van der Waals surface area contributed by atoms with E-state index in [2.05, 4.69) is 10.6 Å². The number of amides is 1. The van der Waals surface area contributed by atoms with Gasteiger partial charge in [-0.1, -0.05) is 29.3 Å². The summed E-state index contributed by atoms with van der Waals surface area (Å²) in [4.78, 5) is 12.0. The summed E-state index contributed by atoms with van der Waals surface area (Å²) in [6.07, 6.45) is 0.307. The highest BCUT2D eigenvalue weighted by molar-refractivity contribution is 6.31. The Morgan fingerprint density at radius 1 is 1.09 bits per heavy atom. The van der Waals surface area contributed by atoms with Crippen molar-refractivity contribution in [1.29, 1.82) is 0 Å². The fourth-order valence-electron chi connectivity index (χ4n) is 2.07. The van der Waals surface area contributed by atoms with Gasteiger partial charge in [0, 0.05) is 28.7 Å². The number of anilines is 2. The first kappa shape index (κ1) is 17.4. The fourth-order valence-corrected chi connectivity index (χ4v) is 2.41. The number of hydrogen-bond donors (Lipinski definition) is 2. The van der Waals surface area contributed by atoms with Crippen LogP contribution in [0.1, 0.15) is 12.0 Å². The Kier molecular flexibility index (Phi) is 6.13. The van der Waals surface area contributed by atoms with Crippen LogP contribution in [0, 0.1) is 6.92 Å². The van der Waals surface area contributed by atoms with Crippen molar-refractivity contribution in [3.8, 4) is 5.75 Å². The number of carbonyl (C=O) groups excluding carboxylic acids is 1. The van der Waals surface area contributed by atoms with Gasteiger partial charge in [-0.15, -0.1) is 0 Å². The third kappa shape index (κ3) is 5.05. The van der Waals surface area contributed by atoms with Crippen molar-refractivity contribution in [2.24, 2.45) is 0 Å². The molecule has 6 heteroatoms. The smallest absolute Gasteiger partial charge is 0.226 e. The van der Waals surface area contributed by atoms with Crippen LogP contribution in [0.5, 0.6) is 5.75 Å². The lowest BCUT2D eigenvalue weighted by molar-refractivity contribution is -0.115. The number of benzene rings is 2. The summed E-state index contributed by atoms with van der Waals surface area (Å²) in [7, 11) is 1.59. The molecule has 0 saturated heterocycles. The van der Waals surface area contributed by atoms with E-state index in [9.17, 15) is 4.79 Å². The molecular formula is C17H18Cl2N2O2. The maximum Gasteiger partial charge on any atom is 0.226 e. The van der Waals surface area contributed by atoms with Crippen LogP contribution in [0.3, 0.4) is 0 Å². The van der Waals surface area contributed by atoms with Gasteiger partial charge >= 0.3 is 0 Å². The van der Waals surface area contributed by atoms with Crippen molar-refractivity contribution in [1.82, 2.24) is 0 Å². The van der Waals surface area contributed by atoms with Crippen molar-refractivity contribution in [2.45, 2.75) is 13.3 Å². The molecule has 2 rings (SSSR count). The summed E-state index contributed by atoms with van der Waals surface area (Å²) in [5, 5.41) is 7.20. The lowest BCUT2D eigenvalue weighted by Gasteiger charge is -2.12. The molecule has 0 heterocycles. The Morgan fingerprint density at radius 3 is 2.43 bits per heavy atom. The maximum atomic E-state index is 12.0. The summed E-state index contributed by atoms with van der Waals surface area (Å²) < 4.78 is 5.25. The summed E-state index contributed by atoms with van der Waals surface area (Å²) in [5.74, 6) is 0.587. The lowest BCUT2D eigenvalue weighted by atomic mass is 10.2. The van der Waals surface area contributed by atoms with Gasteiger partial charge < -0.3 is 15.4 Å². The van der Waals surface area contributed by atoms with E-state index in [-0.39, 0.29) is 5.91 Å². The van der Waals surface area contributed by atoms with Crippen LogP contribution in [0.25, 0.3) is 0 Å². The van der Waals surface area contributed by atoms with Gasteiger partial charge in [-0.25, -0.2) is 0 Å². The Labute approximate surface area is 145 Å². The molecule has 0 unspecified atom stereocenters. The number of ether oxygens (including phenoxy) is 1. The van der Waals surface area contributed by atoms with Crippen LogP contribution >= 0.6 is 23.2 Å². The summed E-state index contributed by atoms with van der Waals surface area (Å²) in [6, 6.07) is 10.7.